The molecule has 0 aliphatic heterocycles. The lowest BCUT2D eigenvalue weighted by Crippen LogP contribution is -2.49. The Morgan fingerprint density at radius 2 is 0.987 bits per heavy atom. The quantitative estimate of drug-likeness (QED) is 0.0278. The van der Waals surface area contributed by atoms with Crippen molar-refractivity contribution in [2.75, 3.05) is 23.7 Å². The zero-order valence-electron chi connectivity index (χ0n) is 41.3. The van der Waals surface area contributed by atoms with Gasteiger partial charge in [0.05, 0.1) is 63.7 Å². The Hall–Kier alpha value is -7.56. The van der Waals surface area contributed by atoms with Crippen LogP contribution in [0.25, 0.3) is 30.2 Å². The average molecular weight is 1170 g/mol. The van der Waals surface area contributed by atoms with Crippen molar-refractivity contribution >= 4 is 101 Å². The predicted molar refractivity (Wildman–Crippen MR) is 301 cm³/mol. The van der Waals surface area contributed by atoms with E-state index in [2.05, 4.69) is 21.3 Å². The maximum absolute atomic E-state index is 14.5. The molecule has 0 saturated carbocycles. The topological polar surface area (TPSA) is 293 Å². The molecule has 4 heterocycles. The first-order valence-electron chi connectivity index (χ1n) is 23.5. The summed E-state index contributed by atoms with van der Waals surface area (Å²) in [5.41, 5.74) is 4.72. The second-order valence-electron chi connectivity index (χ2n) is 17.3. The van der Waals surface area contributed by atoms with Crippen LogP contribution in [-0.4, -0.2) is 86.2 Å². The number of alkyl carbamates (subject to hydrolysis) is 2. The number of aromatic nitrogens is 2. The van der Waals surface area contributed by atoms with Gasteiger partial charge in [0.1, 0.15) is 22.1 Å². The van der Waals surface area contributed by atoms with Crippen LogP contribution in [0.1, 0.15) is 45.7 Å². The molecule has 0 bridgehead atoms. The zero-order chi connectivity index (χ0) is 55.4. The smallest absolute Gasteiger partial charge is 0.407 e. The lowest BCUT2D eigenvalue weighted by atomic mass is 9.97. The Kier molecular flexibility index (Phi) is 18.7. The average Bonchev–Trinajstić information content (AvgIpc) is 4.29. The summed E-state index contributed by atoms with van der Waals surface area (Å²) in [6.45, 7) is 0. The van der Waals surface area contributed by atoms with Crippen molar-refractivity contribution in [3.05, 3.63) is 177 Å². The maximum atomic E-state index is 14.5. The zero-order valence-corrected chi connectivity index (χ0v) is 46.2. The second kappa shape index (κ2) is 25.7. The number of methoxy groups -OCH3 is 2. The van der Waals surface area contributed by atoms with Crippen LogP contribution in [0.3, 0.4) is 0 Å². The summed E-state index contributed by atoms with van der Waals surface area (Å²) in [4.78, 5) is 67.0. The van der Waals surface area contributed by atoms with E-state index in [4.69, 9.17) is 19.4 Å². The summed E-state index contributed by atoms with van der Waals surface area (Å²) in [7, 11) is -6.69. The molecule has 0 saturated heterocycles. The molecule has 0 radical (unpaired) electrons. The number of carbonyl (C=O) groups is 4. The van der Waals surface area contributed by atoms with Gasteiger partial charge in [0.15, 0.2) is 0 Å². The van der Waals surface area contributed by atoms with Gasteiger partial charge in [-0.3, -0.25) is 28.1 Å². The van der Waals surface area contributed by atoms with Crippen LogP contribution in [0.4, 0.5) is 21.0 Å². The summed E-state index contributed by atoms with van der Waals surface area (Å²) in [6.07, 6.45) is -1.19. The van der Waals surface area contributed by atoms with E-state index in [1.54, 1.807) is 36.4 Å². The molecule has 0 spiro atoms. The van der Waals surface area contributed by atoms with Crippen molar-refractivity contribution in [1.82, 2.24) is 31.2 Å². The number of hydrogen-bond acceptors (Lipinski definition) is 16. The van der Waals surface area contributed by atoms with Gasteiger partial charge in [-0.05, 0) is 87.8 Å². The number of nitrogens with zero attached hydrogens (tertiary/aromatic N) is 2. The molecule has 406 valence electrons. The molecular formula is C52H50N8O12S6. The highest BCUT2D eigenvalue weighted by Gasteiger charge is 2.31. The summed E-state index contributed by atoms with van der Waals surface area (Å²) >= 11 is 5.78. The third-order valence-electron chi connectivity index (χ3n) is 11.8. The Labute approximate surface area is 465 Å². The molecular weight excluding hydrogens is 1120 g/mol. The predicted octanol–water partition coefficient (Wildman–Crippen LogP) is 8.89. The number of thiophene rings is 2. The van der Waals surface area contributed by atoms with Gasteiger partial charge in [-0.2, -0.15) is 16.8 Å². The summed E-state index contributed by atoms with van der Waals surface area (Å²) < 4.78 is 78.7. The fourth-order valence-electron chi connectivity index (χ4n) is 8.12. The van der Waals surface area contributed by atoms with Gasteiger partial charge in [-0.15, -0.1) is 45.3 Å². The first kappa shape index (κ1) is 56.6. The Balaban J connectivity index is 1.10. The molecule has 8 N–H and O–H groups in total. The molecule has 0 unspecified atom stereocenters. The van der Waals surface area contributed by atoms with Crippen molar-refractivity contribution in [2.24, 2.45) is 0 Å². The second-order valence-corrected chi connectivity index (χ2v) is 23.4. The summed E-state index contributed by atoms with van der Waals surface area (Å²) in [6, 6.07) is 32.7. The van der Waals surface area contributed by atoms with Crippen LogP contribution in [-0.2, 0) is 65.4 Å². The third-order valence-corrected chi connectivity index (χ3v) is 16.8. The first-order valence-corrected chi connectivity index (χ1v) is 29.9. The number of nitrogens with one attached hydrogen (secondary N) is 6. The largest absolute Gasteiger partial charge is 0.453 e. The van der Waals surface area contributed by atoms with E-state index >= 15 is 0 Å². The monoisotopic (exact) mass is 1170 g/mol. The van der Waals surface area contributed by atoms with Gasteiger partial charge in [0.25, 0.3) is 0 Å². The summed E-state index contributed by atoms with van der Waals surface area (Å²) in [5, 5.41) is 18.6. The highest BCUT2D eigenvalue weighted by molar-refractivity contribution is 7.87. The summed E-state index contributed by atoms with van der Waals surface area (Å²) in [5.74, 6) is -1.10. The van der Waals surface area contributed by atoms with E-state index in [-0.39, 0.29) is 37.1 Å². The van der Waals surface area contributed by atoms with Crippen LogP contribution >= 0.6 is 45.3 Å². The SMILES string of the molecule is COC(=O)N[C@H](Cc1ccccc1)C(=O)N[C@@H](Cc1ccc(NS(=O)(=O)O)cc1)c1nc(-c2cccs2)sc1-c1ccc(C[C@@H](NC(=O)OC)C(=O)N[C@H](Cc2ccc(NS(=O)(=O)O)cc2)c2csc(-c3cccs3)n2)cc1. The lowest BCUT2D eigenvalue weighted by molar-refractivity contribution is -0.124. The number of thiazole rings is 2. The molecule has 0 fully saturated rings. The maximum Gasteiger partial charge on any atom is 0.407 e. The van der Waals surface area contributed by atoms with Crippen LogP contribution < -0.4 is 30.7 Å². The van der Waals surface area contributed by atoms with E-state index in [0.717, 1.165) is 20.3 Å². The number of amides is 4. The fraction of sp³-hybridized carbons (Fsp3) is 0.192. The molecule has 8 aromatic rings. The minimum absolute atomic E-state index is 0.00848. The Morgan fingerprint density at radius 1 is 0.526 bits per heavy atom. The van der Waals surface area contributed by atoms with E-state index in [0.29, 0.717) is 43.5 Å². The highest BCUT2D eigenvalue weighted by atomic mass is 32.2. The van der Waals surface area contributed by atoms with Crippen molar-refractivity contribution in [3.8, 4) is 30.2 Å². The van der Waals surface area contributed by atoms with Crippen LogP contribution in [0.5, 0.6) is 0 Å². The van der Waals surface area contributed by atoms with Crippen molar-refractivity contribution in [3.63, 3.8) is 0 Å². The van der Waals surface area contributed by atoms with E-state index in [1.807, 2.05) is 92.3 Å². The normalized spacial score (nSPS) is 13.0. The van der Waals surface area contributed by atoms with Gasteiger partial charge >= 0.3 is 32.8 Å². The molecule has 78 heavy (non-hydrogen) atoms. The molecule has 0 aliphatic carbocycles. The molecule has 8 rings (SSSR count). The van der Waals surface area contributed by atoms with Crippen molar-refractivity contribution in [2.45, 2.75) is 49.9 Å². The Bertz CT molecular complexity index is 3540. The molecule has 0 aliphatic rings. The molecule has 4 atom stereocenters. The fourth-order valence-corrected chi connectivity index (χ4v) is 12.6. The first-order chi connectivity index (χ1) is 37.4. The van der Waals surface area contributed by atoms with Crippen LogP contribution in [0.15, 0.2) is 144 Å². The van der Waals surface area contributed by atoms with E-state index in [1.165, 1.54) is 83.8 Å². The standard InChI is InChI=1S/C52H50N8O12S6/c1-71-51(63)56-40(28-31-8-4-3-5-9-31)48(62)54-39(27-34-16-22-37(23-17-34)60-78(68,69)70)45-46(76-50(58-45)44-11-7-25-74-44)35-18-12-32(13-19-35)29-41(57-52(64)72-2)47(61)53-38(42-30-75-49(55-42)43-10-6-24-73-43)26-33-14-20-36(21-15-33)59-77(65,66)67/h3-25,30,38-41,59-60H,26-29H2,1-2H3,(H,53,61)(H,54,62)(H,56,63)(H,57,64)(H,65,66,67)(H,68,69,70)/t38-,39+,40-,41-/m1/s1. The number of ether oxygens (including phenoxy) is 2. The van der Waals surface area contributed by atoms with E-state index in [9.17, 15) is 45.1 Å². The van der Waals surface area contributed by atoms with Crippen LogP contribution in [0.2, 0.25) is 0 Å². The number of rotatable bonds is 23. The number of anilines is 2. The number of carbonyl (C=O) groups excluding carboxylic acids is 4. The molecule has 4 aromatic heterocycles. The number of benzene rings is 4. The number of hydrogen-bond donors (Lipinski definition) is 8. The van der Waals surface area contributed by atoms with Gasteiger partial charge in [-0.25, -0.2) is 19.6 Å². The minimum atomic E-state index is -4.56. The Morgan fingerprint density at radius 3 is 1.47 bits per heavy atom. The van der Waals surface area contributed by atoms with Crippen LogP contribution in [0, 0.1) is 0 Å². The van der Waals surface area contributed by atoms with E-state index < -0.39 is 68.8 Å². The minimum Gasteiger partial charge on any atom is -0.453 e. The van der Waals surface area contributed by atoms with Gasteiger partial charge in [0, 0.05) is 18.2 Å². The van der Waals surface area contributed by atoms with Crippen molar-refractivity contribution in [1.29, 1.82) is 0 Å². The van der Waals surface area contributed by atoms with Gasteiger partial charge in [0.2, 0.25) is 11.8 Å². The lowest BCUT2D eigenvalue weighted by Gasteiger charge is -2.24. The highest BCUT2D eigenvalue weighted by Crippen LogP contribution is 2.41. The molecule has 26 heteroatoms. The van der Waals surface area contributed by atoms with Crippen molar-refractivity contribution < 1.29 is 54.6 Å². The molecule has 4 amide bonds. The van der Waals surface area contributed by atoms with Gasteiger partial charge < -0.3 is 30.7 Å². The third kappa shape index (κ3) is 16.0. The molecule has 4 aromatic carbocycles. The molecule has 20 nitrogen and oxygen atoms in total. The van der Waals surface area contributed by atoms with Gasteiger partial charge in [-0.1, -0.05) is 91.0 Å².